The molecule has 10 heteroatoms. The second kappa shape index (κ2) is 11.0. The Morgan fingerprint density at radius 2 is 1.79 bits per heavy atom. The van der Waals surface area contributed by atoms with E-state index in [0.717, 1.165) is 5.56 Å². The van der Waals surface area contributed by atoms with Gasteiger partial charge in [0.05, 0.1) is 20.7 Å². The molecule has 0 heterocycles. The van der Waals surface area contributed by atoms with E-state index in [-0.39, 0.29) is 39.3 Å². The SMILES string of the molecule is Cc1ccc([N+](=O)[O-])cc1NC(=O)/C(C#N)=C/c1cc(Cl)c(OCc2ccccc2Cl)c(Cl)c1. The molecule has 172 valence electrons. The third-order valence-corrected chi connectivity index (χ3v) is 5.64. The highest BCUT2D eigenvalue weighted by Gasteiger charge is 2.16. The van der Waals surface area contributed by atoms with E-state index in [0.29, 0.717) is 16.1 Å². The third-order valence-electron chi connectivity index (χ3n) is 4.71. The standard InChI is InChI=1S/C24H16Cl3N3O4/c1-14-6-7-18(30(32)33)11-22(14)29-24(31)17(12-28)8-15-9-20(26)23(21(27)10-15)34-13-16-4-2-3-5-19(16)25/h2-11H,13H2,1H3,(H,29,31)/b17-8+. The van der Waals surface area contributed by atoms with Gasteiger partial charge >= 0.3 is 0 Å². The summed E-state index contributed by atoms with van der Waals surface area (Å²) in [6.45, 7) is 1.82. The zero-order valence-corrected chi connectivity index (χ0v) is 19.9. The van der Waals surface area contributed by atoms with Gasteiger partial charge in [0.25, 0.3) is 11.6 Å². The molecular formula is C24H16Cl3N3O4. The molecule has 0 aliphatic rings. The van der Waals surface area contributed by atoms with Crippen LogP contribution in [0.15, 0.2) is 60.2 Å². The summed E-state index contributed by atoms with van der Waals surface area (Å²) < 4.78 is 5.72. The highest BCUT2D eigenvalue weighted by atomic mass is 35.5. The number of nitro benzene ring substituents is 1. The number of nitrogens with one attached hydrogen (secondary N) is 1. The molecule has 3 aromatic carbocycles. The summed E-state index contributed by atoms with van der Waals surface area (Å²) in [5.41, 5.74) is 1.53. The molecule has 1 amide bonds. The van der Waals surface area contributed by atoms with Crippen molar-refractivity contribution in [3.05, 3.63) is 102 Å². The number of amides is 1. The van der Waals surface area contributed by atoms with E-state index >= 15 is 0 Å². The number of nitro groups is 1. The van der Waals surface area contributed by atoms with Crippen LogP contribution in [-0.2, 0) is 11.4 Å². The Bertz CT molecular complexity index is 1330. The number of nitrogens with zero attached hydrogens (tertiary/aromatic N) is 2. The lowest BCUT2D eigenvalue weighted by Gasteiger charge is -2.12. The lowest BCUT2D eigenvalue weighted by atomic mass is 10.1. The fourth-order valence-corrected chi connectivity index (χ4v) is 3.73. The van der Waals surface area contributed by atoms with Gasteiger partial charge in [-0.05, 0) is 42.3 Å². The fraction of sp³-hybridized carbons (Fsp3) is 0.0833. The van der Waals surface area contributed by atoms with Crippen LogP contribution in [0.2, 0.25) is 15.1 Å². The Balaban J connectivity index is 1.81. The number of non-ortho nitro benzene ring substituents is 1. The van der Waals surface area contributed by atoms with E-state index in [1.165, 1.54) is 36.4 Å². The number of rotatable bonds is 7. The number of hydrogen-bond donors (Lipinski definition) is 1. The fourth-order valence-electron chi connectivity index (χ4n) is 2.93. The van der Waals surface area contributed by atoms with Crippen molar-refractivity contribution in [3.8, 4) is 11.8 Å². The normalized spacial score (nSPS) is 11.0. The van der Waals surface area contributed by atoms with Crippen LogP contribution in [0.1, 0.15) is 16.7 Å². The smallest absolute Gasteiger partial charge is 0.271 e. The minimum atomic E-state index is -0.739. The van der Waals surface area contributed by atoms with E-state index in [4.69, 9.17) is 39.5 Å². The van der Waals surface area contributed by atoms with Gasteiger partial charge in [-0.15, -0.1) is 0 Å². The molecule has 0 aliphatic heterocycles. The monoisotopic (exact) mass is 515 g/mol. The topological polar surface area (TPSA) is 105 Å². The highest BCUT2D eigenvalue weighted by molar-refractivity contribution is 6.37. The quantitative estimate of drug-likeness (QED) is 0.158. The maximum atomic E-state index is 12.6. The second-order valence-corrected chi connectivity index (χ2v) is 8.30. The molecule has 0 spiro atoms. The summed E-state index contributed by atoms with van der Waals surface area (Å²) >= 11 is 18.8. The van der Waals surface area contributed by atoms with Gasteiger partial charge in [0, 0.05) is 22.7 Å². The molecular weight excluding hydrogens is 501 g/mol. The molecule has 34 heavy (non-hydrogen) atoms. The first-order valence-corrected chi connectivity index (χ1v) is 10.9. The Morgan fingerprint density at radius 3 is 2.41 bits per heavy atom. The molecule has 0 unspecified atom stereocenters. The first-order chi connectivity index (χ1) is 16.2. The number of anilines is 1. The molecule has 0 fully saturated rings. The zero-order valence-electron chi connectivity index (χ0n) is 17.6. The molecule has 3 aromatic rings. The van der Waals surface area contributed by atoms with Gasteiger partial charge in [-0.3, -0.25) is 14.9 Å². The minimum absolute atomic E-state index is 0.142. The molecule has 0 atom stereocenters. The number of carbonyl (C=O) groups is 1. The van der Waals surface area contributed by atoms with Crippen molar-refractivity contribution in [2.45, 2.75) is 13.5 Å². The largest absolute Gasteiger partial charge is 0.486 e. The number of aryl methyl sites for hydroxylation is 1. The maximum Gasteiger partial charge on any atom is 0.271 e. The van der Waals surface area contributed by atoms with E-state index in [1.807, 2.05) is 18.2 Å². The minimum Gasteiger partial charge on any atom is -0.486 e. The molecule has 3 rings (SSSR count). The van der Waals surface area contributed by atoms with Crippen molar-refractivity contribution < 1.29 is 14.5 Å². The van der Waals surface area contributed by atoms with E-state index in [9.17, 15) is 20.2 Å². The number of benzene rings is 3. The van der Waals surface area contributed by atoms with Crippen molar-refractivity contribution in [2.75, 3.05) is 5.32 Å². The van der Waals surface area contributed by atoms with Crippen LogP contribution < -0.4 is 10.1 Å². The van der Waals surface area contributed by atoms with Crippen LogP contribution in [-0.4, -0.2) is 10.8 Å². The summed E-state index contributed by atoms with van der Waals surface area (Å²) in [5.74, 6) is -0.507. The molecule has 0 saturated heterocycles. The Labute approximate surface area is 210 Å². The Kier molecular flexibility index (Phi) is 8.13. The molecule has 0 aromatic heterocycles. The van der Waals surface area contributed by atoms with Gasteiger partial charge in [-0.25, -0.2) is 0 Å². The van der Waals surface area contributed by atoms with Crippen molar-refractivity contribution in [3.63, 3.8) is 0 Å². The molecule has 0 radical (unpaired) electrons. The van der Waals surface area contributed by atoms with Gasteiger partial charge in [0.1, 0.15) is 18.2 Å². The second-order valence-electron chi connectivity index (χ2n) is 7.07. The lowest BCUT2D eigenvalue weighted by Crippen LogP contribution is -2.14. The number of hydrogen-bond acceptors (Lipinski definition) is 5. The summed E-state index contributed by atoms with van der Waals surface area (Å²) in [5, 5.41) is 23.9. The van der Waals surface area contributed by atoms with Gasteiger partial charge in [0.2, 0.25) is 0 Å². The molecule has 0 saturated carbocycles. The van der Waals surface area contributed by atoms with Crippen LogP contribution in [0.4, 0.5) is 11.4 Å². The number of carbonyl (C=O) groups excluding carboxylic acids is 1. The average Bonchev–Trinajstić information content (AvgIpc) is 2.79. The van der Waals surface area contributed by atoms with E-state index < -0.39 is 10.8 Å². The third kappa shape index (κ3) is 6.06. The summed E-state index contributed by atoms with van der Waals surface area (Å²) in [6.07, 6.45) is 1.30. The van der Waals surface area contributed by atoms with Crippen molar-refractivity contribution in [2.24, 2.45) is 0 Å². The van der Waals surface area contributed by atoms with Crippen LogP contribution in [0.25, 0.3) is 6.08 Å². The van der Waals surface area contributed by atoms with Crippen molar-refractivity contribution in [1.29, 1.82) is 5.26 Å². The number of halogens is 3. The maximum absolute atomic E-state index is 12.6. The zero-order chi connectivity index (χ0) is 24.8. The number of ether oxygens (including phenoxy) is 1. The van der Waals surface area contributed by atoms with Gasteiger partial charge in [-0.2, -0.15) is 5.26 Å². The first kappa shape index (κ1) is 25.1. The van der Waals surface area contributed by atoms with E-state index in [2.05, 4.69) is 5.32 Å². The molecule has 0 aliphatic carbocycles. The Morgan fingerprint density at radius 1 is 1.12 bits per heavy atom. The summed E-state index contributed by atoms with van der Waals surface area (Å²) in [4.78, 5) is 23.1. The van der Waals surface area contributed by atoms with E-state index in [1.54, 1.807) is 19.1 Å². The van der Waals surface area contributed by atoms with Gasteiger partial charge < -0.3 is 10.1 Å². The summed E-state index contributed by atoms with van der Waals surface area (Å²) in [7, 11) is 0. The average molecular weight is 517 g/mol. The molecule has 0 bridgehead atoms. The van der Waals surface area contributed by atoms with Crippen molar-refractivity contribution >= 4 is 58.2 Å². The number of nitriles is 1. The van der Waals surface area contributed by atoms with Gasteiger partial charge in [-0.1, -0.05) is 59.1 Å². The first-order valence-electron chi connectivity index (χ1n) is 9.73. The van der Waals surface area contributed by atoms with Crippen LogP contribution in [0.5, 0.6) is 5.75 Å². The molecule has 7 nitrogen and oxygen atoms in total. The van der Waals surface area contributed by atoms with Gasteiger partial charge in [0.15, 0.2) is 5.75 Å². The van der Waals surface area contributed by atoms with Crippen LogP contribution >= 0.6 is 34.8 Å². The Hall–Kier alpha value is -3.57. The predicted octanol–water partition coefficient (Wildman–Crippen LogP) is 6.99. The molecule has 1 N–H and O–H groups in total. The van der Waals surface area contributed by atoms with Crippen molar-refractivity contribution in [1.82, 2.24) is 0 Å². The highest BCUT2D eigenvalue weighted by Crippen LogP contribution is 2.36. The van der Waals surface area contributed by atoms with Crippen LogP contribution in [0, 0.1) is 28.4 Å². The lowest BCUT2D eigenvalue weighted by molar-refractivity contribution is -0.384. The van der Waals surface area contributed by atoms with Crippen LogP contribution in [0.3, 0.4) is 0 Å². The summed E-state index contributed by atoms with van der Waals surface area (Å²) in [6, 6.07) is 16.0. The predicted molar refractivity (Wildman–Crippen MR) is 132 cm³/mol.